The highest BCUT2D eigenvalue weighted by atomic mass is 35.5. The first-order chi connectivity index (χ1) is 11.6. The summed E-state index contributed by atoms with van der Waals surface area (Å²) in [6.45, 7) is 0. The number of allylic oxidation sites excluding steroid dienone is 1. The molecule has 0 fully saturated rings. The Morgan fingerprint density at radius 1 is 1.08 bits per heavy atom. The van der Waals surface area contributed by atoms with Gasteiger partial charge in [0, 0.05) is 21.3 Å². The maximum atomic E-state index is 14.4. The molecule has 24 heavy (non-hydrogen) atoms. The van der Waals surface area contributed by atoms with Gasteiger partial charge in [0.25, 0.3) is 0 Å². The molecule has 1 aliphatic heterocycles. The lowest BCUT2D eigenvalue weighted by Gasteiger charge is -2.24. The van der Waals surface area contributed by atoms with Gasteiger partial charge in [0.1, 0.15) is 11.9 Å². The topological polar surface area (TPSA) is 55.6 Å². The van der Waals surface area contributed by atoms with Gasteiger partial charge in [-0.3, -0.25) is 0 Å². The first-order valence-corrected chi connectivity index (χ1v) is 7.85. The molecule has 0 unspecified atom stereocenters. The van der Waals surface area contributed by atoms with Crippen molar-refractivity contribution < 1.29 is 4.39 Å². The molecule has 4 rings (SSSR count). The third-order valence-corrected chi connectivity index (χ3v) is 4.36. The summed E-state index contributed by atoms with van der Waals surface area (Å²) in [7, 11) is 0. The number of fused-ring (bicyclic) bond motifs is 1. The molecule has 120 valence electrons. The predicted octanol–water partition coefficient (Wildman–Crippen LogP) is 4.18. The number of tetrazole rings is 1. The van der Waals surface area contributed by atoms with E-state index in [0.29, 0.717) is 21.6 Å². The summed E-state index contributed by atoms with van der Waals surface area (Å²) in [6.07, 6.45) is 1.83. The zero-order chi connectivity index (χ0) is 16.7. The monoisotopic (exact) mass is 361 g/mol. The number of halogens is 3. The molecule has 3 aromatic rings. The number of hydrogen-bond acceptors (Lipinski definition) is 4. The maximum Gasteiger partial charge on any atom is 0.248 e. The van der Waals surface area contributed by atoms with Crippen LogP contribution in [0.25, 0.3) is 5.70 Å². The Kier molecular flexibility index (Phi) is 3.70. The van der Waals surface area contributed by atoms with Crippen molar-refractivity contribution >= 4 is 34.8 Å². The zero-order valence-corrected chi connectivity index (χ0v) is 13.6. The van der Waals surface area contributed by atoms with Crippen LogP contribution < -0.4 is 5.32 Å². The number of hydrogen-bond donors (Lipinski definition) is 1. The molecule has 0 aliphatic carbocycles. The van der Waals surface area contributed by atoms with Gasteiger partial charge < -0.3 is 5.32 Å². The number of anilines is 1. The number of nitrogens with zero attached hydrogens (tertiary/aromatic N) is 4. The second-order valence-electron chi connectivity index (χ2n) is 5.24. The second kappa shape index (κ2) is 5.89. The van der Waals surface area contributed by atoms with E-state index < -0.39 is 11.9 Å². The van der Waals surface area contributed by atoms with E-state index in [9.17, 15) is 4.39 Å². The summed E-state index contributed by atoms with van der Waals surface area (Å²) >= 11 is 12.2. The van der Waals surface area contributed by atoms with Crippen molar-refractivity contribution in [3.63, 3.8) is 0 Å². The van der Waals surface area contributed by atoms with Crippen LogP contribution >= 0.6 is 23.2 Å². The van der Waals surface area contributed by atoms with E-state index in [-0.39, 0.29) is 0 Å². The average molecular weight is 362 g/mol. The third kappa shape index (κ3) is 2.53. The number of benzene rings is 2. The van der Waals surface area contributed by atoms with E-state index in [4.69, 9.17) is 23.2 Å². The van der Waals surface area contributed by atoms with E-state index in [0.717, 1.165) is 11.3 Å². The van der Waals surface area contributed by atoms with Crippen LogP contribution in [0.15, 0.2) is 48.5 Å². The fourth-order valence-corrected chi connectivity index (χ4v) is 3.05. The van der Waals surface area contributed by atoms with E-state index in [1.165, 1.54) is 10.7 Å². The van der Waals surface area contributed by atoms with Crippen molar-refractivity contribution in [3.05, 3.63) is 75.5 Å². The Morgan fingerprint density at radius 3 is 2.62 bits per heavy atom. The SMILES string of the molecule is Fc1cccc(Cl)c1[C@H]1C=C(c2ccc(Cl)cc2)Nc2nnnn21. The van der Waals surface area contributed by atoms with Crippen molar-refractivity contribution in [1.29, 1.82) is 0 Å². The lowest BCUT2D eigenvalue weighted by atomic mass is 10.0. The molecule has 2 aromatic carbocycles. The molecule has 2 heterocycles. The fraction of sp³-hybridized carbons (Fsp3) is 0.0625. The van der Waals surface area contributed by atoms with Gasteiger partial charge in [-0.25, -0.2) is 4.39 Å². The van der Waals surface area contributed by atoms with Crippen molar-refractivity contribution in [3.8, 4) is 0 Å². The Bertz CT molecular complexity index is 916. The molecule has 0 saturated carbocycles. The van der Waals surface area contributed by atoms with E-state index in [1.807, 2.05) is 18.2 Å². The van der Waals surface area contributed by atoms with Crippen molar-refractivity contribution in [1.82, 2.24) is 20.2 Å². The highest BCUT2D eigenvalue weighted by molar-refractivity contribution is 6.31. The molecule has 1 N–H and O–H groups in total. The summed E-state index contributed by atoms with van der Waals surface area (Å²) in [5.74, 6) is -0.00525. The summed E-state index contributed by atoms with van der Waals surface area (Å²) in [5.41, 5.74) is 1.95. The standard InChI is InChI=1S/C16H10Cl2FN5/c17-10-6-4-9(5-7-10)13-8-14(24-16(20-13)21-22-23-24)15-11(18)2-1-3-12(15)19/h1-8,14H,(H,20,21,23)/t14-/m1/s1. The van der Waals surface area contributed by atoms with Crippen molar-refractivity contribution in [2.24, 2.45) is 0 Å². The van der Waals surface area contributed by atoms with Gasteiger partial charge in [-0.1, -0.05) is 46.5 Å². The fourth-order valence-electron chi connectivity index (χ4n) is 2.65. The van der Waals surface area contributed by atoms with Gasteiger partial charge in [0.2, 0.25) is 5.95 Å². The van der Waals surface area contributed by atoms with Gasteiger partial charge in [0.05, 0.1) is 0 Å². The summed E-state index contributed by atoms with van der Waals surface area (Å²) < 4.78 is 15.9. The minimum Gasteiger partial charge on any atom is -0.323 e. The molecule has 0 amide bonds. The molecule has 1 aromatic heterocycles. The molecule has 1 atom stereocenters. The number of nitrogens with one attached hydrogen (secondary N) is 1. The molecular formula is C16H10Cl2FN5. The Hall–Kier alpha value is -2.44. The van der Waals surface area contributed by atoms with Crippen LogP contribution in [0.4, 0.5) is 10.3 Å². The smallest absolute Gasteiger partial charge is 0.248 e. The largest absolute Gasteiger partial charge is 0.323 e. The van der Waals surface area contributed by atoms with Gasteiger partial charge in [0.15, 0.2) is 0 Å². The van der Waals surface area contributed by atoms with E-state index in [1.54, 1.807) is 24.3 Å². The van der Waals surface area contributed by atoms with Crippen molar-refractivity contribution in [2.45, 2.75) is 6.04 Å². The van der Waals surface area contributed by atoms with Crippen LogP contribution in [0.2, 0.25) is 10.0 Å². The third-order valence-electron chi connectivity index (χ3n) is 3.78. The van der Waals surface area contributed by atoms with Crippen LogP contribution in [0.1, 0.15) is 17.2 Å². The molecule has 0 radical (unpaired) electrons. The van der Waals surface area contributed by atoms with Crippen LogP contribution in [-0.2, 0) is 0 Å². The highest BCUT2D eigenvalue weighted by Gasteiger charge is 2.28. The van der Waals surface area contributed by atoms with Crippen LogP contribution in [-0.4, -0.2) is 20.2 Å². The predicted molar refractivity (Wildman–Crippen MR) is 90.4 cm³/mol. The quantitative estimate of drug-likeness (QED) is 0.743. The van der Waals surface area contributed by atoms with Crippen LogP contribution in [0.5, 0.6) is 0 Å². The summed E-state index contributed by atoms with van der Waals surface area (Å²) in [4.78, 5) is 0. The minimum absolute atomic E-state index is 0.315. The van der Waals surface area contributed by atoms with Crippen LogP contribution in [0.3, 0.4) is 0 Å². The zero-order valence-electron chi connectivity index (χ0n) is 12.1. The molecule has 0 spiro atoms. The average Bonchev–Trinajstić information content (AvgIpc) is 3.04. The Balaban J connectivity index is 1.87. The van der Waals surface area contributed by atoms with Gasteiger partial charge >= 0.3 is 0 Å². The lowest BCUT2D eigenvalue weighted by molar-refractivity contribution is 0.540. The second-order valence-corrected chi connectivity index (χ2v) is 6.08. The van der Waals surface area contributed by atoms with Gasteiger partial charge in [-0.15, -0.1) is 0 Å². The lowest BCUT2D eigenvalue weighted by Crippen LogP contribution is -2.21. The molecule has 0 bridgehead atoms. The first kappa shape index (κ1) is 15.1. The van der Waals surface area contributed by atoms with Gasteiger partial charge in [-0.2, -0.15) is 4.68 Å². The summed E-state index contributed by atoms with van der Waals surface area (Å²) in [6, 6.07) is 11.3. The molecular weight excluding hydrogens is 352 g/mol. The molecule has 1 aliphatic rings. The van der Waals surface area contributed by atoms with Gasteiger partial charge in [-0.05, 0) is 46.3 Å². The molecule has 5 nitrogen and oxygen atoms in total. The van der Waals surface area contributed by atoms with E-state index >= 15 is 0 Å². The Morgan fingerprint density at radius 2 is 1.88 bits per heavy atom. The minimum atomic E-state index is -0.560. The molecule has 8 heteroatoms. The number of rotatable bonds is 2. The molecule has 0 saturated heterocycles. The first-order valence-electron chi connectivity index (χ1n) is 7.10. The van der Waals surface area contributed by atoms with Crippen molar-refractivity contribution in [2.75, 3.05) is 5.32 Å². The normalized spacial score (nSPS) is 16.3. The highest BCUT2D eigenvalue weighted by Crippen LogP contribution is 2.36. The van der Waals surface area contributed by atoms with E-state index in [2.05, 4.69) is 20.8 Å². The van der Waals surface area contributed by atoms with Crippen LogP contribution in [0, 0.1) is 5.82 Å². The maximum absolute atomic E-state index is 14.4. The summed E-state index contributed by atoms with van der Waals surface area (Å²) in [5, 5.41) is 15.6. The Labute approximate surface area is 146 Å². The number of aromatic nitrogens is 4.